The summed E-state index contributed by atoms with van der Waals surface area (Å²) in [6, 6.07) is 15.8. The van der Waals surface area contributed by atoms with Crippen molar-refractivity contribution in [3.63, 3.8) is 0 Å². The lowest BCUT2D eigenvalue weighted by molar-refractivity contribution is -0.128. The third-order valence-electron chi connectivity index (χ3n) is 5.00. The molecule has 0 aromatic heterocycles. The molecule has 1 heterocycles. The molecule has 2 aromatic carbocycles. The fourth-order valence-electron chi connectivity index (χ4n) is 3.24. The Kier molecular flexibility index (Phi) is 5.22. The number of nitrogens with one attached hydrogen (secondary N) is 1. The van der Waals surface area contributed by atoms with Crippen LogP contribution in [0.4, 0.5) is 11.4 Å². The van der Waals surface area contributed by atoms with Crippen LogP contribution in [0.15, 0.2) is 53.5 Å². The number of benzene rings is 2. The number of aryl methyl sites for hydroxylation is 2. The zero-order valence-corrected chi connectivity index (χ0v) is 16.8. The van der Waals surface area contributed by atoms with Crippen molar-refractivity contribution in [2.24, 2.45) is 4.99 Å². The predicted molar refractivity (Wildman–Crippen MR) is 114 cm³/mol. The molecule has 0 bridgehead atoms. The summed E-state index contributed by atoms with van der Waals surface area (Å²) in [4.78, 5) is 32.1. The average molecular weight is 394 g/mol. The van der Waals surface area contributed by atoms with Crippen LogP contribution in [0, 0.1) is 13.8 Å². The minimum absolute atomic E-state index is 0.000215. The molecule has 1 aliphatic heterocycles. The van der Waals surface area contributed by atoms with E-state index in [9.17, 15) is 9.59 Å². The molecule has 28 heavy (non-hydrogen) atoms. The van der Waals surface area contributed by atoms with Crippen molar-refractivity contribution in [2.45, 2.75) is 44.4 Å². The van der Waals surface area contributed by atoms with Crippen molar-refractivity contribution in [1.29, 1.82) is 0 Å². The van der Waals surface area contributed by atoms with Crippen molar-refractivity contribution >= 4 is 40.1 Å². The van der Waals surface area contributed by atoms with Crippen LogP contribution in [0.3, 0.4) is 0 Å². The summed E-state index contributed by atoms with van der Waals surface area (Å²) in [5, 5.41) is 3.22. The van der Waals surface area contributed by atoms with Crippen LogP contribution in [0.25, 0.3) is 0 Å². The second-order valence-corrected chi connectivity index (χ2v) is 8.46. The van der Waals surface area contributed by atoms with Crippen LogP contribution in [0.2, 0.25) is 0 Å². The second-order valence-electron chi connectivity index (χ2n) is 7.29. The highest BCUT2D eigenvalue weighted by Gasteiger charge is 2.46. The number of carbonyl (C=O) groups is 2. The van der Waals surface area contributed by atoms with Gasteiger partial charge in [-0.3, -0.25) is 14.5 Å². The summed E-state index contributed by atoms with van der Waals surface area (Å²) in [6.45, 7) is 3.96. The van der Waals surface area contributed by atoms with Crippen molar-refractivity contribution in [3.05, 3.63) is 59.7 Å². The van der Waals surface area contributed by atoms with Crippen LogP contribution in [0.5, 0.6) is 0 Å². The fourth-order valence-corrected chi connectivity index (χ4v) is 4.44. The number of hydrogen-bond donors (Lipinski definition) is 1. The fraction of sp³-hybridized carbons (Fsp3) is 0.318. The topological polar surface area (TPSA) is 61.8 Å². The van der Waals surface area contributed by atoms with E-state index in [2.05, 4.69) is 5.32 Å². The van der Waals surface area contributed by atoms with E-state index in [4.69, 9.17) is 4.99 Å². The molecule has 1 aliphatic carbocycles. The lowest BCUT2D eigenvalue weighted by atomic mass is 10.2. The van der Waals surface area contributed by atoms with Crippen LogP contribution in [-0.4, -0.2) is 33.2 Å². The number of thioether (sulfide) groups is 1. The molecule has 2 fully saturated rings. The number of anilines is 1. The van der Waals surface area contributed by atoms with E-state index in [0.29, 0.717) is 0 Å². The highest BCUT2D eigenvalue weighted by Crippen LogP contribution is 2.39. The first-order valence-electron chi connectivity index (χ1n) is 9.52. The molecular formula is C22H23N3O2S. The maximum Gasteiger partial charge on any atom is 0.242 e. The van der Waals surface area contributed by atoms with E-state index in [1.165, 1.54) is 11.8 Å². The Bertz CT molecular complexity index is 952. The van der Waals surface area contributed by atoms with Crippen LogP contribution < -0.4 is 5.32 Å². The normalized spacial score (nSPS) is 20.6. The minimum Gasteiger partial charge on any atom is -0.326 e. The minimum atomic E-state index is -0.424. The van der Waals surface area contributed by atoms with E-state index < -0.39 is 5.25 Å². The second kappa shape index (κ2) is 7.80. The Morgan fingerprint density at radius 3 is 2.46 bits per heavy atom. The summed E-state index contributed by atoms with van der Waals surface area (Å²) in [7, 11) is 0. The Morgan fingerprint density at radius 1 is 1.11 bits per heavy atom. The zero-order chi connectivity index (χ0) is 19.7. The van der Waals surface area contributed by atoms with Crippen molar-refractivity contribution in [2.75, 3.05) is 5.32 Å². The third kappa shape index (κ3) is 3.97. The molecule has 2 amide bonds. The van der Waals surface area contributed by atoms with Crippen LogP contribution >= 0.6 is 11.8 Å². The number of amidine groups is 1. The van der Waals surface area contributed by atoms with E-state index in [1.54, 1.807) is 0 Å². The van der Waals surface area contributed by atoms with Crippen LogP contribution in [-0.2, 0) is 9.59 Å². The molecule has 0 unspecified atom stereocenters. The lowest BCUT2D eigenvalue weighted by Crippen LogP contribution is -2.35. The van der Waals surface area contributed by atoms with E-state index >= 15 is 0 Å². The monoisotopic (exact) mass is 393 g/mol. The van der Waals surface area contributed by atoms with Gasteiger partial charge in [0.25, 0.3) is 0 Å². The number of hydrogen-bond acceptors (Lipinski definition) is 4. The quantitative estimate of drug-likeness (QED) is 0.818. The lowest BCUT2D eigenvalue weighted by Gasteiger charge is -2.15. The highest BCUT2D eigenvalue weighted by molar-refractivity contribution is 8.15. The SMILES string of the molecule is Cc1ccccc1N=C1S[C@@H](CC(=O)Nc2ccccc2C)C(=O)N1C1CC1. The molecule has 1 saturated carbocycles. The van der Waals surface area contributed by atoms with Gasteiger partial charge in [0.2, 0.25) is 11.8 Å². The van der Waals surface area contributed by atoms with Gasteiger partial charge in [0.05, 0.1) is 5.69 Å². The molecule has 1 saturated heterocycles. The maximum atomic E-state index is 13.0. The number of carbonyl (C=O) groups excluding carboxylic acids is 2. The average Bonchev–Trinajstić information content (AvgIpc) is 3.45. The van der Waals surface area contributed by atoms with Crippen molar-refractivity contribution in [1.82, 2.24) is 4.90 Å². The number of nitrogens with zero attached hydrogens (tertiary/aromatic N) is 2. The molecule has 2 aliphatic rings. The van der Waals surface area contributed by atoms with E-state index in [-0.39, 0.29) is 24.3 Å². The van der Waals surface area contributed by atoms with Gasteiger partial charge in [0.1, 0.15) is 5.25 Å². The first-order chi connectivity index (χ1) is 13.5. The molecule has 5 nitrogen and oxygen atoms in total. The molecule has 6 heteroatoms. The van der Waals surface area contributed by atoms with Gasteiger partial charge in [-0.2, -0.15) is 0 Å². The van der Waals surface area contributed by atoms with Gasteiger partial charge in [0, 0.05) is 18.2 Å². The Balaban J connectivity index is 1.51. The van der Waals surface area contributed by atoms with E-state index in [0.717, 1.165) is 40.5 Å². The van der Waals surface area contributed by atoms with Gasteiger partial charge < -0.3 is 5.32 Å². The molecule has 0 radical (unpaired) electrons. The molecule has 2 aromatic rings. The number of aliphatic imine (C=N–C) groups is 1. The molecule has 144 valence electrons. The summed E-state index contributed by atoms with van der Waals surface area (Å²) < 4.78 is 0. The molecule has 4 rings (SSSR count). The van der Waals surface area contributed by atoms with Gasteiger partial charge in [-0.05, 0) is 49.9 Å². The molecule has 1 atom stereocenters. The first kappa shape index (κ1) is 18.7. The van der Waals surface area contributed by atoms with Crippen molar-refractivity contribution in [3.8, 4) is 0 Å². The third-order valence-corrected chi connectivity index (χ3v) is 6.15. The Labute approximate surface area is 169 Å². The van der Waals surface area contributed by atoms with E-state index in [1.807, 2.05) is 67.3 Å². The smallest absolute Gasteiger partial charge is 0.242 e. The number of amides is 2. The summed E-state index contributed by atoms with van der Waals surface area (Å²) in [5.74, 6) is -0.146. The molecule has 1 N–H and O–H groups in total. The first-order valence-corrected chi connectivity index (χ1v) is 10.4. The van der Waals surface area contributed by atoms with Gasteiger partial charge in [-0.25, -0.2) is 4.99 Å². The van der Waals surface area contributed by atoms with Gasteiger partial charge >= 0.3 is 0 Å². The van der Waals surface area contributed by atoms with Crippen molar-refractivity contribution < 1.29 is 9.59 Å². The standard InChI is InChI=1S/C22H23N3O2S/c1-14-7-3-5-9-17(14)23-20(26)13-19-21(27)25(16-11-12-16)22(28-19)24-18-10-6-4-8-15(18)2/h3-10,16,19H,11-13H2,1-2H3,(H,23,26)/t19-/m0/s1. The largest absolute Gasteiger partial charge is 0.326 e. The van der Waals surface area contributed by atoms with Gasteiger partial charge in [-0.15, -0.1) is 0 Å². The Hall–Kier alpha value is -2.60. The summed E-state index contributed by atoms with van der Waals surface area (Å²) >= 11 is 1.41. The van der Waals surface area contributed by atoms with Gasteiger partial charge in [-0.1, -0.05) is 48.2 Å². The van der Waals surface area contributed by atoms with Gasteiger partial charge in [0.15, 0.2) is 5.17 Å². The zero-order valence-electron chi connectivity index (χ0n) is 16.0. The Morgan fingerprint density at radius 2 is 1.79 bits per heavy atom. The number of para-hydroxylation sites is 2. The predicted octanol–water partition coefficient (Wildman–Crippen LogP) is 4.43. The highest BCUT2D eigenvalue weighted by atomic mass is 32.2. The number of rotatable bonds is 5. The molecular weight excluding hydrogens is 370 g/mol. The summed E-state index contributed by atoms with van der Waals surface area (Å²) in [6.07, 6.45) is 2.15. The van der Waals surface area contributed by atoms with Crippen LogP contribution in [0.1, 0.15) is 30.4 Å². The summed E-state index contributed by atoms with van der Waals surface area (Å²) in [5.41, 5.74) is 3.73. The maximum absolute atomic E-state index is 13.0. The molecule has 0 spiro atoms.